The van der Waals surface area contributed by atoms with Gasteiger partial charge in [-0.15, -0.1) is 0 Å². The third-order valence-corrected chi connectivity index (χ3v) is 3.47. The largest absolute Gasteiger partial charge is 0.497 e. The van der Waals surface area contributed by atoms with E-state index < -0.39 is 11.6 Å². The van der Waals surface area contributed by atoms with Gasteiger partial charge in [0.15, 0.2) is 0 Å². The number of methoxy groups -OCH3 is 1. The van der Waals surface area contributed by atoms with Gasteiger partial charge < -0.3 is 19.5 Å². The molecule has 1 heterocycles. The second-order valence-electron chi connectivity index (χ2n) is 6.60. The molecule has 1 N–H and O–H groups in total. The number of aliphatic carboxylic acids is 1. The first-order chi connectivity index (χ1) is 13.2. The number of rotatable bonds is 2. The number of nitrogens with zero attached hydrogens (tertiary/aromatic N) is 1. The minimum absolute atomic E-state index is 0.321. The van der Waals surface area contributed by atoms with E-state index in [0.717, 1.165) is 5.75 Å². The van der Waals surface area contributed by atoms with E-state index >= 15 is 0 Å². The summed E-state index contributed by atoms with van der Waals surface area (Å²) in [5, 5.41) is 8.81. The van der Waals surface area contributed by atoms with Gasteiger partial charge in [-0.3, -0.25) is 4.79 Å². The van der Waals surface area contributed by atoms with Crippen LogP contribution in [0.1, 0.15) is 47.5 Å². The first-order valence-electron chi connectivity index (χ1n) is 9.40. The van der Waals surface area contributed by atoms with Crippen molar-refractivity contribution in [3.63, 3.8) is 0 Å². The van der Waals surface area contributed by atoms with Crippen LogP contribution in [-0.2, 0) is 9.53 Å². The second kappa shape index (κ2) is 16.2. The number of benzene rings is 1. The van der Waals surface area contributed by atoms with Crippen LogP contribution in [0.3, 0.4) is 0 Å². The van der Waals surface area contributed by atoms with Crippen molar-refractivity contribution in [2.75, 3.05) is 26.0 Å². The zero-order valence-electron chi connectivity index (χ0n) is 18.2. The van der Waals surface area contributed by atoms with Crippen molar-refractivity contribution in [1.29, 1.82) is 0 Å². The predicted octanol–water partition coefficient (Wildman–Crippen LogP) is 5.45. The number of hydrogen-bond donors (Lipinski definition) is 1. The molecule has 162 valence electrons. The van der Waals surface area contributed by atoms with Crippen molar-refractivity contribution in [3.05, 3.63) is 30.3 Å². The smallest absolute Gasteiger partial charge is 0.410 e. The minimum atomic E-state index is -0.774. The number of para-hydroxylation sites is 1. The lowest BCUT2D eigenvalue weighted by atomic mass is 9.97. The molecule has 0 spiro atoms. The Balaban J connectivity index is 0. The van der Waals surface area contributed by atoms with Crippen LogP contribution in [0.15, 0.2) is 30.3 Å². The number of likely N-dealkylation sites (tertiary alicyclic amines) is 1. The van der Waals surface area contributed by atoms with E-state index in [1.54, 1.807) is 12.0 Å². The number of carboxylic acid groups (broad SMARTS) is 1. The molecule has 7 heteroatoms. The highest BCUT2D eigenvalue weighted by Crippen LogP contribution is 2.19. The predicted molar refractivity (Wildman–Crippen MR) is 117 cm³/mol. The molecular formula is C21H36BrNO5. The van der Waals surface area contributed by atoms with E-state index in [2.05, 4.69) is 15.9 Å². The van der Waals surface area contributed by atoms with Crippen LogP contribution < -0.4 is 4.74 Å². The van der Waals surface area contributed by atoms with Gasteiger partial charge in [0.25, 0.3) is 0 Å². The van der Waals surface area contributed by atoms with E-state index in [1.807, 2.05) is 70.8 Å². The molecule has 0 bridgehead atoms. The van der Waals surface area contributed by atoms with E-state index in [4.69, 9.17) is 14.6 Å². The third-order valence-electron chi connectivity index (χ3n) is 3.47. The summed E-state index contributed by atoms with van der Waals surface area (Å²) in [6.07, 6.45) is 0.666. The van der Waals surface area contributed by atoms with Crippen LogP contribution >= 0.6 is 15.9 Å². The standard InChI is InChI=1S/C11H19NO4.C7H8O.C2H6.CH3Br/c1-11(2,3)16-10(15)12-6-4-8(5-7-12)9(13)14;1-8-7-5-3-2-4-6-7;2*1-2/h8H,4-7H2,1-3H3,(H,13,14);2-6H,1H3;1-2H3;1H3. The van der Waals surface area contributed by atoms with Crippen LogP contribution in [0.2, 0.25) is 0 Å². The van der Waals surface area contributed by atoms with Crippen molar-refractivity contribution in [2.45, 2.75) is 53.1 Å². The molecular weight excluding hydrogens is 426 g/mol. The molecule has 0 aromatic heterocycles. The maximum atomic E-state index is 11.6. The minimum Gasteiger partial charge on any atom is -0.497 e. The van der Waals surface area contributed by atoms with Crippen molar-refractivity contribution in [2.24, 2.45) is 5.92 Å². The van der Waals surface area contributed by atoms with Crippen molar-refractivity contribution >= 4 is 28.0 Å². The van der Waals surface area contributed by atoms with Crippen molar-refractivity contribution < 1.29 is 24.2 Å². The van der Waals surface area contributed by atoms with Gasteiger partial charge in [-0.1, -0.05) is 48.0 Å². The number of amides is 1. The van der Waals surface area contributed by atoms with E-state index in [1.165, 1.54) is 0 Å². The number of piperidine rings is 1. The Morgan fingerprint density at radius 3 is 1.86 bits per heavy atom. The fourth-order valence-corrected chi connectivity index (χ4v) is 2.19. The molecule has 0 unspecified atom stereocenters. The normalized spacial score (nSPS) is 13.4. The molecule has 1 fully saturated rings. The fraction of sp³-hybridized carbons (Fsp3) is 0.619. The summed E-state index contributed by atoms with van der Waals surface area (Å²) in [7, 11) is 1.66. The van der Waals surface area contributed by atoms with Crippen LogP contribution in [0.25, 0.3) is 0 Å². The van der Waals surface area contributed by atoms with Gasteiger partial charge in [-0.25, -0.2) is 4.79 Å². The number of carbonyl (C=O) groups excluding carboxylic acids is 1. The number of hydrogen-bond acceptors (Lipinski definition) is 4. The summed E-state index contributed by atoms with van der Waals surface area (Å²) in [4.78, 5) is 23.9. The van der Waals surface area contributed by atoms with Crippen LogP contribution in [0, 0.1) is 5.92 Å². The molecule has 1 aliphatic heterocycles. The van der Waals surface area contributed by atoms with Gasteiger partial charge in [0.05, 0.1) is 13.0 Å². The number of halogens is 1. The van der Waals surface area contributed by atoms with Gasteiger partial charge in [-0.05, 0) is 51.6 Å². The first-order valence-corrected chi connectivity index (χ1v) is 11.0. The molecule has 1 aromatic rings. The summed E-state index contributed by atoms with van der Waals surface area (Å²) in [5.74, 6) is 1.63. The van der Waals surface area contributed by atoms with Gasteiger partial charge in [0.2, 0.25) is 0 Å². The molecule has 0 aliphatic carbocycles. The monoisotopic (exact) mass is 461 g/mol. The second-order valence-corrected chi connectivity index (χ2v) is 6.60. The molecule has 1 saturated heterocycles. The number of ether oxygens (including phenoxy) is 2. The Morgan fingerprint density at radius 1 is 1.07 bits per heavy atom. The van der Waals surface area contributed by atoms with E-state index in [9.17, 15) is 9.59 Å². The number of carboxylic acids is 1. The maximum Gasteiger partial charge on any atom is 0.410 e. The molecule has 0 atom stereocenters. The summed E-state index contributed by atoms with van der Waals surface area (Å²) in [6.45, 7) is 10.4. The highest BCUT2D eigenvalue weighted by atomic mass is 79.9. The zero-order valence-corrected chi connectivity index (χ0v) is 19.8. The quantitative estimate of drug-likeness (QED) is 0.592. The lowest BCUT2D eigenvalue weighted by molar-refractivity contribution is -0.143. The summed E-state index contributed by atoms with van der Waals surface area (Å²) in [6, 6.07) is 9.68. The fourth-order valence-electron chi connectivity index (χ4n) is 2.19. The van der Waals surface area contributed by atoms with E-state index in [-0.39, 0.29) is 12.0 Å². The first kappa shape index (κ1) is 28.4. The SMILES string of the molecule is CBr.CC.CC(C)(C)OC(=O)N1CCC(C(=O)O)CC1.COc1ccccc1. The Bertz CT molecular complexity index is 523. The van der Waals surface area contributed by atoms with E-state index in [0.29, 0.717) is 25.9 Å². The summed E-state index contributed by atoms with van der Waals surface area (Å²) in [5.41, 5.74) is -0.499. The molecule has 0 radical (unpaired) electrons. The highest BCUT2D eigenvalue weighted by Gasteiger charge is 2.29. The lowest BCUT2D eigenvalue weighted by Gasteiger charge is -2.32. The Morgan fingerprint density at radius 2 is 1.54 bits per heavy atom. The van der Waals surface area contributed by atoms with Crippen LogP contribution in [-0.4, -0.2) is 53.7 Å². The summed E-state index contributed by atoms with van der Waals surface area (Å²) >= 11 is 2.94. The van der Waals surface area contributed by atoms with Gasteiger partial charge in [0.1, 0.15) is 11.4 Å². The van der Waals surface area contributed by atoms with Crippen LogP contribution in [0.5, 0.6) is 5.75 Å². The average Bonchev–Trinajstić information content (AvgIpc) is 2.71. The molecule has 2 rings (SSSR count). The van der Waals surface area contributed by atoms with Crippen molar-refractivity contribution in [3.8, 4) is 5.75 Å². The number of carbonyl (C=O) groups is 2. The molecule has 1 aromatic carbocycles. The third kappa shape index (κ3) is 13.4. The molecule has 6 nitrogen and oxygen atoms in total. The lowest BCUT2D eigenvalue weighted by Crippen LogP contribution is -2.42. The molecule has 1 aliphatic rings. The summed E-state index contributed by atoms with van der Waals surface area (Å²) < 4.78 is 10.1. The highest BCUT2D eigenvalue weighted by molar-refractivity contribution is 9.08. The van der Waals surface area contributed by atoms with Gasteiger partial charge >= 0.3 is 12.1 Å². The molecule has 0 saturated carbocycles. The Kier molecular flexibility index (Phi) is 16.5. The topological polar surface area (TPSA) is 76.1 Å². The van der Waals surface area contributed by atoms with Crippen molar-refractivity contribution in [1.82, 2.24) is 4.90 Å². The van der Waals surface area contributed by atoms with Gasteiger partial charge in [0, 0.05) is 13.1 Å². The van der Waals surface area contributed by atoms with Gasteiger partial charge in [-0.2, -0.15) is 0 Å². The maximum absolute atomic E-state index is 11.6. The molecule has 1 amide bonds. The zero-order chi connectivity index (χ0) is 22.2. The molecule has 28 heavy (non-hydrogen) atoms. The average molecular weight is 462 g/mol. The Labute approximate surface area is 178 Å². The number of alkyl halides is 1. The Hall–Kier alpha value is -1.76. The van der Waals surface area contributed by atoms with Crippen LogP contribution in [0.4, 0.5) is 4.79 Å².